The van der Waals surface area contributed by atoms with Crippen LogP contribution < -0.4 is 0 Å². The molecule has 5 amide bonds. The highest BCUT2D eigenvalue weighted by Gasteiger charge is 2.76. The molecule has 19 heteroatoms. The van der Waals surface area contributed by atoms with Crippen molar-refractivity contribution in [3.05, 3.63) is 12.2 Å². The second-order valence-corrected chi connectivity index (χ2v) is 26.8. The fourth-order valence-corrected chi connectivity index (χ4v) is 8.73. The maximum absolute atomic E-state index is 11.8. The highest BCUT2D eigenvalue weighted by molar-refractivity contribution is 6.74. The number of carbonyl (C=O) groups is 6. The maximum atomic E-state index is 11.8. The Balaban J connectivity index is 0.000000175. The topological polar surface area (TPSA) is 176 Å². The van der Waals surface area contributed by atoms with Gasteiger partial charge in [0.05, 0.1) is 31.3 Å². The van der Waals surface area contributed by atoms with Gasteiger partial charge in [-0.1, -0.05) is 47.6 Å². The maximum Gasteiger partial charge on any atom is 0.329 e. The molecule has 4 saturated heterocycles. The summed E-state index contributed by atoms with van der Waals surface area (Å²) in [5.74, 6) is -3.82. The van der Waals surface area contributed by atoms with Crippen molar-refractivity contribution in [3.8, 4) is 0 Å². The van der Waals surface area contributed by atoms with Gasteiger partial charge in [0.2, 0.25) is 23.5 Å². The molecule has 6 rings (SSSR count). The van der Waals surface area contributed by atoms with E-state index in [0.717, 1.165) is 29.1 Å². The Bertz CT molecular complexity index is 1520. The van der Waals surface area contributed by atoms with Gasteiger partial charge in [-0.3, -0.25) is 33.8 Å². The lowest BCUT2D eigenvalue weighted by Gasteiger charge is -2.37. The highest BCUT2D eigenvalue weighted by atomic mass is 28.4. The molecule has 280 valence electrons. The summed E-state index contributed by atoms with van der Waals surface area (Å²) in [6.45, 7) is 22.0. The Morgan fingerprint density at radius 3 is 1.92 bits per heavy atom. The summed E-state index contributed by atoms with van der Waals surface area (Å²) in [6.07, 6.45) is 4.58. The van der Waals surface area contributed by atoms with Gasteiger partial charge in [0, 0.05) is 6.08 Å². The zero-order valence-electron chi connectivity index (χ0n) is 31.8. The van der Waals surface area contributed by atoms with E-state index in [1.807, 2.05) is 0 Å². The van der Waals surface area contributed by atoms with Crippen LogP contribution in [0.15, 0.2) is 12.2 Å². The molecule has 1 saturated carbocycles. The van der Waals surface area contributed by atoms with Crippen LogP contribution in [0, 0.1) is 0 Å². The molecule has 5 aliphatic heterocycles. The minimum atomic E-state index is -1.92. The van der Waals surface area contributed by atoms with Crippen molar-refractivity contribution in [2.45, 2.75) is 145 Å². The van der Waals surface area contributed by atoms with Crippen LogP contribution in [0.2, 0.25) is 36.3 Å². The van der Waals surface area contributed by atoms with E-state index < -0.39 is 52.2 Å². The summed E-state index contributed by atoms with van der Waals surface area (Å²) < 4.78 is 22.8. The zero-order chi connectivity index (χ0) is 39.5. The first-order valence-corrected chi connectivity index (χ1v) is 23.4. The number of hydrogen-bond acceptors (Lipinski definition) is 10. The quantitative estimate of drug-likeness (QED) is 0.299. The average Bonchev–Trinajstić information content (AvgIpc) is 3.74. The van der Waals surface area contributed by atoms with Gasteiger partial charge in [-0.2, -0.15) is 0 Å². The molecule has 5 heterocycles. The van der Waals surface area contributed by atoms with E-state index in [2.05, 4.69) is 67.7 Å². The monoisotopic (exact) mass is 753 g/mol. The number of rotatable bonds is 7. The number of aliphatic carboxylic acids is 1. The van der Waals surface area contributed by atoms with E-state index in [9.17, 15) is 28.8 Å². The molecule has 14 nitrogen and oxygen atoms in total. The van der Waals surface area contributed by atoms with Gasteiger partial charge in [-0.15, -0.1) is 0 Å². The van der Waals surface area contributed by atoms with Crippen molar-refractivity contribution in [2.24, 2.45) is 0 Å². The summed E-state index contributed by atoms with van der Waals surface area (Å²) in [7, 11) is 11.9. The van der Waals surface area contributed by atoms with Crippen LogP contribution in [0.4, 0.5) is 14.4 Å². The number of carboxylic acid groups (broad SMARTS) is 1. The minimum absolute atomic E-state index is 0.0803. The number of amides is 5. The van der Waals surface area contributed by atoms with Crippen molar-refractivity contribution in [3.63, 3.8) is 0 Å². The second kappa shape index (κ2) is 14.6. The first-order valence-electron chi connectivity index (χ1n) is 17.6. The molecule has 6 aliphatic rings. The van der Waals surface area contributed by atoms with Crippen molar-refractivity contribution in [2.75, 3.05) is 13.2 Å². The van der Waals surface area contributed by atoms with Crippen LogP contribution in [0.25, 0.3) is 0 Å². The highest BCUT2D eigenvalue weighted by Crippen LogP contribution is 2.59. The number of ether oxygens (including phenoxy) is 2. The minimum Gasteiger partial charge on any atom is -0.480 e. The fraction of sp³-hybridized carbons (Fsp3) is 0.758. The number of carboxylic acids is 1. The molecular formula is C33H50B3N3O11Si2. The number of likely N-dealkylation sites (tertiary alicyclic amines) is 2. The Kier molecular flexibility index (Phi) is 11.8. The van der Waals surface area contributed by atoms with E-state index in [-0.39, 0.29) is 57.8 Å². The number of hydrogen-bond donors (Lipinski definition) is 1. The fourth-order valence-electron chi connectivity index (χ4n) is 6.69. The van der Waals surface area contributed by atoms with Gasteiger partial charge in [0.15, 0.2) is 46.2 Å². The van der Waals surface area contributed by atoms with Crippen LogP contribution >= 0.6 is 0 Å². The molecular weight excluding hydrogens is 703 g/mol. The van der Waals surface area contributed by atoms with Gasteiger partial charge < -0.3 is 28.3 Å². The van der Waals surface area contributed by atoms with Crippen molar-refractivity contribution in [1.82, 2.24) is 14.7 Å². The van der Waals surface area contributed by atoms with Crippen LogP contribution in [0.5, 0.6) is 0 Å². The smallest absolute Gasteiger partial charge is 0.329 e. The Hall–Kier alpha value is -2.57. The molecule has 1 spiro atoms. The summed E-state index contributed by atoms with van der Waals surface area (Å²) in [5.41, 5.74) is -0.377. The lowest BCUT2D eigenvalue weighted by atomic mass is 10.0. The van der Waals surface area contributed by atoms with E-state index >= 15 is 0 Å². The number of nitrogens with zero attached hydrogens (tertiary/aromatic N) is 3. The number of epoxide rings is 2. The predicted octanol–water partition coefficient (Wildman–Crippen LogP) is 3.07. The Morgan fingerprint density at radius 2 is 1.44 bits per heavy atom. The SMILES string of the molecule is [B]C(=O)N1C(=O)C2OC2[C@H]1CO[Si](C)(C)C(C)(C)C.[B]C(=O)N1C(=O)C=C[C@H]1CO[Si](C)(C)C(C)(C)C.[B]C(=O)N1C2CCCC23OC3[C@H]1C(=O)O. The van der Waals surface area contributed by atoms with Crippen LogP contribution in [-0.2, 0) is 32.7 Å². The standard InChI is InChI=1S/C12H20BNO4Si.C12H20BNO3Si.C9H10BNO4/c1-12(2,3)19(4,5)17-6-7-8-9(18-8)10(15)14(7)11(13)16;1-12(2,3)18(4,5)17-8-9-6-7-10(15)14(9)11(13)16;10-8(14)11-4-2-1-3-9(4)6(15-9)5(11)7(12)13/h7-9H,6H2,1-5H3;6-7,9H,8H2,1-5H3;4-6H,1-3H2,(H,12,13)/t7-,8?,9?;9-;4?,5-,6?,9?/m100/s1. The lowest BCUT2D eigenvalue weighted by molar-refractivity contribution is -0.143. The average molecular weight is 753 g/mol. The van der Waals surface area contributed by atoms with Gasteiger partial charge in [0.25, 0.3) is 11.8 Å². The van der Waals surface area contributed by atoms with Gasteiger partial charge >= 0.3 is 5.97 Å². The van der Waals surface area contributed by atoms with Crippen LogP contribution in [0.1, 0.15) is 60.8 Å². The zero-order valence-corrected chi connectivity index (χ0v) is 33.8. The number of carbonyl (C=O) groups excluding carboxylic acids is 5. The molecule has 1 N–H and O–H groups in total. The number of morpholine rings is 2. The van der Waals surface area contributed by atoms with E-state index in [0.29, 0.717) is 13.2 Å². The number of fused-ring (bicyclic) bond motifs is 1. The third-order valence-electron chi connectivity index (χ3n) is 11.9. The Morgan fingerprint density at radius 1 is 0.904 bits per heavy atom. The van der Waals surface area contributed by atoms with Crippen molar-refractivity contribution >= 4 is 75.4 Å². The van der Waals surface area contributed by atoms with Crippen LogP contribution in [0.3, 0.4) is 0 Å². The molecule has 1 aliphatic carbocycles. The van der Waals surface area contributed by atoms with Gasteiger partial charge in [-0.05, 0) is 55.5 Å². The van der Waals surface area contributed by atoms with E-state index in [4.69, 9.17) is 47.0 Å². The third kappa shape index (κ3) is 8.09. The summed E-state index contributed by atoms with van der Waals surface area (Å²) >= 11 is 0. The first kappa shape index (κ1) is 42.2. The normalized spacial score (nSPS) is 31.6. The van der Waals surface area contributed by atoms with Crippen molar-refractivity contribution in [1.29, 1.82) is 0 Å². The molecule has 0 aromatic carbocycles. The van der Waals surface area contributed by atoms with Crippen LogP contribution in [-0.4, -0.2) is 156 Å². The summed E-state index contributed by atoms with van der Waals surface area (Å²) in [4.78, 5) is 71.5. The molecule has 0 aromatic heterocycles. The largest absolute Gasteiger partial charge is 0.480 e. The second-order valence-electron chi connectivity index (χ2n) is 17.2. The molecule has 5 fully saturated rings. The summed E-state index contributed by atoms with van der Waals surface area (Å²) in [6, 6.07) is -1.75. The van der Waals surface area contributed by atoms with E-state index in [1.165, 1.54) is 11.0 Å². The number of imide groups is 2. The van der Waals surface area contributed by atoms with Crippen molar-refractivity contribution < 1.29 is 52.2 Å². The molecule has 8 atom stereocenters. The lowest BCUT2D eigenvalue weighted by Crippen LogP contribution is -2.49. The molecule has 0 aromatic rings. The molecule has 6 radical (unpaired) electrons. The molecule has 52 heavy (non-hydrogen) atoms. The van der Waals surface area contributed by atoms with Gasteiger partial charge in [0.1, 0.15) is 17.8 Å². The van der Waals surface area contributed by atoms with E-state index in [1.54, 1.807) is 6.08 Å². The predicted molar refractivity (Wildman–Crippen MR) is 197 cm³/mol. The third-order valence-corrected chi connectivity index (χ3v) is 20.9. The first-order chi connectivity index (χ1) is 23.7. The van der Waals surface area contributed by atoms with Gasteiger partial charge in [-0.25, -0.2) is 4.79 Å². The molecule has 0 bridgehead atoms. The molecule has 5 unspecified atom stereocenters. The summed E-state index contributed by atoms with van der Waals surface area (Å²) in [5, 5.41) is 9.23. The Labute approximate surface area is 312 Å².